The molecule has 3 heteroatoms. The van der Waals surface area contributed by atoms with Crippen LogP contribution in [0.25, 0.3) is 0 Å². The Balaban J connectivity index is 1.93. The molecule has 0 aliphatic carbocycles. The van der Waals surface area contributed by atoms with E-state index in [0.29, 0.717) is 0 Å². The van der Waals surface area contributed by atoms with Crippen molar-refractivity contribution in [3.63, 3.8) is 0 Å². The Morgan fingerprint density at radius 3 is 2.70 bits per heavy atom. The van der Waals surface area contributed by atoms with Gasteiger partial charge in [-0.3, -0.25) is 0 Å². The number of nitrogens with two attached hydrogens (primary N) is 1. The van der Waals surface area contributed by atoms with Crippen molar-refractivity contribution in [1.29, 1.82) is 0 Å². The molecule has 0 aromatic rings. The molecule has 0 aromatic carbocycles. The highest BCUT2D eigenvalue weighted by molar-refractivity contribution is 8.00. The SMILES string of the molecule is NC(CO)CCC1CSC1. The van der Waals surface area contributed by atoms with Crippen LogP contribution in [0.1, 0.15) is 12.8 Å². The van der Waals surface area contributed by atoms with E-state index in [2.05, 4.69) is 0 Å². The first-order chi connectivity index (χ1) is 4.83. The van der Waals surface area contributed by atoms with Crippen LogP contribution < -0.4 is 5.73 Å². The van der Waals surface area contributed by atoms with E-state index in [1.54, 1.807) is 0 Å². The molecule has 0 aromatic heterocycles. The van der Waals surface area contributed by atoms with E-state index in [0.717, 1.165) is 12.3 Å². The molecule has 1 fully saturated rings. The maximum Gasteiger partial charge on any atom is 0.0582 e. The molecule has 0 spiro atoms. The molecule has 0 radical (unpaired) electrons. The van der Waals surface area contributed by atoms with E-state index in [4.69, 9.17) is 10.8 Å². The van der Waals surface area contributed by atoms with E-state index in [1.807, 2.05) is 11.8 Å². The van der Waals surface area contributed by atoms with Gasteiger partial charge in [0.2, 0.25) is 0 Å². The quantitative estimate of drug-likeness (QED) is 0.629. The van der Waals surface area contributed by atoms with Crippen LogP contribution in [0.5, 0.6) is 0 Å². The Bertz CT molecular complexity index is 90.9. The molecular formula is C7H15NOS. The summed E-state index contributed by atoms with van der Waals surface area (Å²) in [5.41, 5.74) is 5.54. The van der Waals surface area contributed by atoms with Gasteiger partial charge in [0, 0.05) is 6.04 Å². The molecule has 1 aliphatic heterocycles. The van der Waals surface area contributed by atoms with Crippen molar-refractivity contribution in [2.24, 2.45) is 11.7 Å². The summed E-state index contributed by atoms with van der Waals surface area (Å²) in [6.45, 7) is 0.139. The minimum atomic E-state index is 0.0191. The molecule has 1 saturated heterocycles. The molecule has 2 nitrogen and oxygen atoms in total. The number of thioether (sulfide) groups is 1. The lowest BCUT2D eigenvalue weighted by molar-refractivity contribution is 0.254. The molecule has 1 atom stereocenters. The Kier molecular flexibility index (Phi) is 3.52. The van der Waals surface area contributed by atoms with Gasteiger partial charge in [-0.05, 0) is 30.3 Å². The number of hydrogen-bond donors (Lipinski definition) is 2. The first kappa shape index (κ1) is 8.37. The van der Waals surface area contributed by atoms with Crippen molar-refractivity contribution >= 4 is 11.8 Å². The molecule has 1 rings (SSSR count). The van der Waals surface area contributed by atoms with Crippen molar-refractivity contribution < 1.29 is 5.11 Å². The molecular weight excluding hydrogens is 146 g/mol. The minimum absolute atomic E-state index is 0.0191. The van der Waals surface area contributed by atoms with Gasteiger partial charge in [-0.25, -0.2) is 0 Å². The number of rotatable bonds is 4. The molecule has 1 heterocycles. The van der Waals surface area contributed by atoms with Crippen molar-refractivity contribution in [2.75, 3.05) is 18.1 Å². The first-order valence-corrected chi connectivity index (χ1v) is 4.92. The lowest BCUT2D eigenvalue weighted by atomic mass is 10.0. The van der Waals surface area contributed by atoms with Crippen molar-refractivity contribution in [3.05, 3.63) is 0 Å². The largest absolute Gasteiger partial charge is 0.395 e. The van der Waals surface area contributed by atoms with Gasteiger partial charge >= 0.3 is 0 Å². The third kappa shape index (κ3) is 2.48. The minimum Gasteiger partial charge on any atom is -0.395 e. The highest BCUT2D eigenvalue weighted by Crippen LogP contribution is 2.28. The van der Waals surface area contributed by atoms with Gasteiger partial charge in [0.05, 0.1) is 6.61 Å². The van der Waals surface area contributed by atoms with E-state index < -0.39 is 0 Å². The van der Waals surface area contributed by atoms with Gasteiger partial charge in [-0.1, -0.05) is 0 Å². The fourth-order valence-electron chi connectivity index (χ4n) is 0.992. The molecule has 0 amide bonds. The zero-order valence-electron chi connectivity index (χ0n) is 6.12. The standard InChI is InChI=1S/C7H15NOS/c8-7(3-9)2-1-6-4-10-5-6/h6-7,9H,1-5,8H2. The third-order valence-corrected chi connectivity index (χ3v) is 3.30. The Hall–Kier alpha value is 0.270. The van der Waals surface area contributed by atoms with Crippen LogP contribution >= 0.6 is 11.8 Å². The summed E-state index contributed by atoms with van der Waals surface area (Å²) in [6.07, 6.45) is 2.19. The average Bonchev–Trinajstić information content (AvgIpc) is 1.84. The van der Waals surface area contributed by atoms with Gasteiger partial charge in [-0.15, -0.1) is 0 Å². The van der Waals surface area contributed by atoms with Crippen LogP contribution in [-0.2, 0) is 0 Å². The van der Waals surface area contributed by atoms with Crippen LogP contribution in [0.3, 0.4) is 0 Å². The van der Waals surface area contributed by atoms with E-state index in [-0.39, 0.29) is 12.6 Å². The van der Waals surface area contributed by atoms with Crippen molar-refractivity contribution in [1.82, 2.24) is 0 Å². The maximum atomic E-state index is 8.61. The lowest BCUT2D eigenvalue weighted by Gasteiger charge is -2.25. The van der Waals surface area contributed by atoms with Gasteiger partial charge in [0.1, 0.15) is 0 Å². The van der Waals surface area contributed by atoms with Gasteiger partial charge in [0.25, 0.3) is 0 Å². The predicted molar refractivity (Wildman–Crippen MR) is 45.1 cm³/mol. The molecule has 10 heavy (non-hydrogen) atoms. The van der Waals surface area contributed by atoms with Crippen LogP contribution in [0.2, 0.25) is 0 Å². The summed E-state index contributed by atoms with van der Waals surface area (Å²) < 4.78 is 0. The summed E-state index contributed by atoms with van der Waals surface area (Å²) in [5.74, 6) is 3.50. The summed E-state index contributed by atoms with van der Waals surface area (Å²) in [5, 5.41) is 8.61. The van der Waals surface area contributed by atoms with Crippen LogP contribution in [0.15, 0.2) is 0 Å². The number of aliphatic hydroxyl groups is 1. The second-order valence-electron chi connectivity index (χ2n) is 2.92. The maximum absolute atomic E-state index is 8.61. The molecule has 60 valence electrons. The Morgan fingerprint density at radius 1 is 1.60 bits per heavy atom. The lowest BCUT2D eigenvalue weighted by Crippen LogP contribution is -2.27. The highest BCUT2D eigenvalue weighted by atomic mass is 32.2. The van der Waals surface area contributed by atoms with Crippen molar-refractivity contribution in [2.45, 2.75) is 18.9 Å². The monoisotopic (exact) mass is 161 g/mol. The molecule has 3 N–H and O–H groups in total. The Labute approximate surface area is 66.2 Å². The molecule has 0 saturated carbocycles. The smallest absolute Gasteiger partial charge is 0.0582 e. The molecule has 1 unspecified atom stereocenters. The topological polar surface area (TPSA) is 46.2 Å². The third-order valence-electron chi connectivity index (χ3n) is 1.89. The zero-order valence-corrected chi connectivity index (χ0v) is 6.94. The van der Waals surface area contributed by atoms with Gasteiger partial charge < -0.3 is 10.8 Å². The summed E-state index contributed by atoms with van der Waals surface area (Å²) in [7, 11) is 0. The van der Waals surface area contributed by atoms with Crippen LogP contribution in [0, 0.1) is 5.92 Å². The average molecular weight is 161 g/mol. The number of aliphatic hydroxyl groups excluding tert-OH is 1. The second-order valence-corrected chi connectivity index (χ2v) is 4.00. The van der Waals surface area contributed by atoms with E-state index >= 15 is 0 Å². The van der Waals surface area contributed by atoms with Crippen LogP contribution in [-0.4, -0.2) is 29.3 Å². The van der Waals surface area contributed by atoms with Crippen molar-refractivity contribution in [3.8, 4) is 0 Å². The number of hydrogen-bond acceptors (Lipinski definition) is 3. The predicted octanol–water partition coefficient (Wildman–Crippen LogP) is 0.449. The van der Waals surface area contributed by atoms with Gasteiger partial charge in [-0.2, -0.15) is 11.8 Å². The normalized spacial score (nSPS) is 22.2. The van der Waals surface area contributed by atoms with Gasteiger partial charge in [0.15, 0.2) is 0 Å². The highest BCUT2D eigenvalue weighted by Gasteiger charge is 2.18. The summed E-state index contributed by atoms with van der Waals surface area (Å²) >= 11 is 2.00. The fourth-order valence-corrected chi connectivity index (χ4v) is 1.89. The summed E-state index contributed by atoms with van der Waals surface area (Å²) in [4.78, 5) is 0. The first-order valence-electron chi connectivity index (χ1n) is 3.77. The Morgan fingerprint density at radius 2 is 2.30 bits per heavy atom. The summed E-state index contributed by atoms with van der Waals surface area (Å²) in [6, 6.07) is 0.0191. The van der Waals surface area contributed by atoms with E-state index in [1.165, 1.54) is 17.9 Å². The fraction of sp³-hybridized carbons (Fsp3) is 1.00. The molecule has 1 aliphatic rings. The second kappa shape index (κ2) is 4.21. The zero-order chi connectivity index (χ0) is 7.40. The molecule has 0 bridgehead atoms. The van der Waals surface area contributed by atoms with Crippen LogP contribution in [0.4, 0.5) is 0 Å². The van der Waals surface area contributed by atoms with E-state index in [9.17, 15) is 0 Å².